The first-order chi connectivity index (χ1) is 20.0. The summed E-state index contributed by atoms with van der Waals surface area (Å²) in [5.41, 5.74) is 5.74. The number of aromatic nitrogens is 2. The summed E-state index contributed by atoms with van der Waals surface area (Å²) in [6, 6.07) is 1.97. The smallest absolute Gasteiger partial charge is 0.472 e. The van der Waals surface area contributed by atoms with Crippen molar-refractivity contribution in [2.45, 2.75) is 70.1 Å². The largest absolute Gasteiger partial charge is 0.573 e. The molecule has 3 fully saturated rings. The third kappa shape index (κ3) is 4.48. The van der Waals surface area contributed by atoms with Gasteiger partial charge in [0.15, 0.2) is 17.4 Å². The molecule has 0 unspecified atom stereocenters. The molecule has 0 amide bonds. The Balaban J connectivity index is 1.48. The summed E-state index contributed by atoms with van der Waals surface area (Å²) < 4.78 is 82.2. The molecule has 3 N–H and O–H groups in total. The number of ether oxygens (including phenoxy) is 2. The number of nitrogens with zero attached hydrogens (tertiary/aromatic N) is 4. The zero-order valence-electron chi connectivity index (χ0n) is 23.2. The molecule has 224 valence electrons. The Morgan fingerprint density at radius 2 is 1.93 bits per heavy atom. The average molecular weight is 591 g/mol. The summed E-state index contributed by atoms with van der Waals surface area (Å²) >= 11 is 0. The molecule has 7 rings (SSSR count). The Bertz CT molecular complexity index is 1580. The van der Waals surface area contributed by atoms with Crippen LogP contribution >= 0.6 is 0 Å². The molecular formula is C29H31F5N6O2. The number of aryl methyl sites for hydroxylation is 1. The molecule has 4 aliphatic heterocycles. The molecule has 0 spiro atoms. The van der Waals surface area contributed by atoms with Crippen LogP contribution in [0.25, 0.3) is 22.0 Å². The van der Waals surface area contributed by atoms with Crippen molar-refractivity contribution in [1.82, 2.24) is 20.2 Å². The van der Waals surface area contributed by atoms with E-state index in [1.807, 2.05) is 6.92 Å². The number of benzene rings is 1. The van der Waals surface area contributed by atoms with E-state index in [0.29, 0.717) is 41.5 Å². The molecular weight excluding hydrogens is 559 g/mol. The van der Waals surface area contributed by atoms with Crippen molar-refractivity contribution in [2.24, 2.45) is 0 Å². The van der Waals surface area contributed by atoms with Crippen molar-refractivity contribution < 1.29 is 31.4 Å². The maximum Gasteiger partial charge on any atom is 0.573 e. The summed E-state index contributed by atoms with van der Waals surface area (Å²) in [6.07, 6.45) is -2.01. The molecule has 8 nitrogen and oxygen atoms in total. The van der Waals surface area contributed by atoms with Crippen LogP contribution in [0.1, 0.15) is 37.4 Å². The highest BCUT2D eigenvalue weighted by Crippen LogP contribution is 2.47. The number of hydrogen-bond donors (Lipinski definition) is 2. The second-order valence-electron chi connectivity index (χ2n) is 11.7. The van der Waals surface area contributed by atoms with Crippen LogP contribution in [0.4, 0.5) is 33.5 Å². The van der Waals surface area contributed by atoms with Crippen LogP contribution in [0.2, 0.25) is 0 Å². The minimum Gasteiger partial charge on any atom is -0.472 e. The molecule has 4 aliphatic rings. The maximum absolute atomic E-state index is 16.8. The third-order valence-electron chi connectivity index (χ3n) is 9.04. The van der Waals surface area contributed by atoms with Crippen LogP contribution in [0, 0.1) is 18.6 Å². The number of piperazine rings is 1. The monoisotopic (exact) mass is 590 g/mol. The van der Waals surface area contributed by atoms with Crippen molar-refractivity contribution in [3.8, 4) is 22.9 Å². The zero-order chi connectivity index (χ0) is 29.5. The lowest BCUT2D eigenvalue weighted by Gasteiger charge is -2.43. The fourth-order valence-electron chi connectivity index (χ4n) is 7.00. The van der Waals surface area contributed by atoms with Gasteiger partial charge >= 0.3 is 6.36 Å². The van der Waals surface area contributed by atoms with E-state index in [4.69, 9.17) is 15.5 Å². The highest BCUT2D eigenvalue weighted by atomic mass is 19.4. The van der Waals surface area contributed by atoms with Crippen molar-refractivity contribution in [3.05, 3.63) is 35.0 Å². The van der Waals surface area contributed by atoms with Gasteiger partial charge < -0.3 is 30.3 Å². The van der Waals surface area contributed by atoms with Gasteiger partial charge in [-0.1, -0.05) is 0 Å². The molecule has 13 heteroatoms. The van der Waals surface area contributed by atoms with E-state index in [-0.39, 0.29) is 35.1 Å². The minimum absolute atomic E-state index is 0.0276. The van der Waals surface area contributed by atoms with Gasteiger partial charge in [-0.05, 0) is 57.8 Å². The van der Waals surface area contributed by atoms with Gasteiger partial charge in [-0.25, -0.2) is 18.7 Å². The van der Waals surface area contributed by atoms with E-state index < -0.39 is 41.1 Å². The number of fused-ring (bicyclic) bond motifs is 5. The molecule has 42 heavy (non-hydrogen) atoms. The fraction of sp³-hybridized carbons (Fsp3) is 0.517. The number of alkyl halides is 3. The van der Waals surface area contributed by atoms with Gasteiger partial charge in [-0.3, -0.25) is 0 Å². The lowest BCUT2D eigenvalue weighted by atomic mass is 9.97. The predicted octanol–water partition coefficient (Wildman–Crippen LogP) is 4.70. The Kier molecular flexibility index (Phi) is 6.39. The number of halogens is 5. The molecule has 3 aromatic rings. The summed E-state index contributed by atoms with van der Waals surface area (Å²) in [7, 11) is 0. The van der Waals surface area contributed by atoms with E-state index in [1.165, 1.54) is 0 Å². The normalized spacial score (nSPS) is 25.2. The van der Waals surface area contributed by atoms with Crippen LogP contribution < -0.4 is 25.4 Å². The molecule has 2 aromatic heterocycles. The van der Waals surface area contributed by atoms with Crippen LogP contribution in [0.5, 0.6) is 11.6 Å². The number of rotatable bonds is 5. The minimum atomic E-state index is -5.23. The number of nitrogen functional groups attached to an aromatic ring is 1. The summed E-state index contributed by atoms with van der Waals surface area (Å²) in [4.78, 5) is 14.0. The van der Waals surface area contributed by atoms with Gasteiger partial charge in [0.2, 0.25) is 5.88 Å². The van der Waals surface area contributed by atoms with Crippen molar-refractivity contribution in [2.75, 3.05) is 36.8 Å². The van der Waals surface area contributed by atoms with Crippen LogP contribution in [-0.4, -0.2) is 71.6 Å². The van der Waals surface area contributed by atoms with Crippen molar-refractivity contribution >= 4 is 22.3 Å². The topological polar surface area (TPSA) is 88.8 Å². The highest BCUT2D eigenvalue weighted by molar-refractivity contribution is 6.02. The molecule has 3 saturated heterocycles. The van der Waals surface area contributed by atoms with Gasteiger partial charge in [-0.2, -0.15) is 0 Å². The first-order valence-electron chi connectivity index (χ1n) is 14.3. The van der Waals surface area contributed by atoms with E-state index in [2.05, 4.69) is 24.8 Å². The second kappa shape index (κ2) is 9.80. The van der Waals surface area contributed by atoms with Crippen LogP contribution in [-0.2, 0) is 6.42 Å². The first kappa shape index (κ1) is 27.4. The Morgan fingerprint density at radius 3 is 2.64 bits per heavy atom. The zero-order valence-corrected chi connectivity index (χ0v) is 23.2. The Hall–Kier alpha value is -3.45. The number of likely N-dealkylation sites (tertiary alicyclic amines) is 1. The SMILES string of the molecule is Cc1c(CCN2CCC2)nc2c3c(nc(-c4cc(N)cc(F)c4OC(F)(F)F)c(F)c13)O[C@@H](C)[C@@H]1[C@@H]3CC[C@H](CN21)N3. The first-order valence-corrected chi connectivity index (χ1v) is 14.3. The van der Waals surface area contributed by atoms with Gasteiger partial charge in [0, 0.05) is 54.4 Å². The average Bonchev–Trinajstić information content (AvgIpc) is 3.21. The third-order valence-corrected chi connectivity index (χ3v) is 9.04. The number of nitrogens with two attached hydrogens (primary N) is 1. The van der Waals surface area contributed by atoms with E-state index in [9.17, 15) is 17.6 Å². The lowest BCUT2D eigenvalue weighted by molar-refractivity contribution is -0.275. The molecule has 2 bridgehead atoms. The van der Waals surface area contributed by atoms with Crippen molar-refractivity contribution in [1.29, 1.82) is 0 Å². The lowest BCUT2D eigenvalue weighted by Crippen LogP contribution is -2.62. The molecule has 1 aromatic carbocycles. The molecule has 0 saturated carbocycles. The Labute approximate surface area is 239 Å². The number of anilines is 2. The van der Waals surface area contributed by atoms with Crippen LogP contribution in [0.3, 0.4) is 0 Å². The van der Waals surface area contributed by atoms with Crippen LogP contribution in [0.15, 0.2) is 12.1 Å². The van der Waals surface area contributed by atoms with Gasteiger partial charge in [-0.15, -0.1) is 13.2 Å². The maximum atomic E-state index is 16.8. The van der Waals surface area contributed by atoms with Crippen molar-refractivity contribution in [3.63, 3.8) is 0 Å². The molecule has 0 aliphatic carbocycles. The number of hydrogen-bond acceptors (Lipinski definition) is 8. The molecule has 4 atom stereocenters. The number of nitrogens with one attached hydrogen (secondary N) is 1. The Morgan fingerprint density at radius 1 is 1.14 bits per heavy atom. The second-order valence-corrected chi connectivity index (χ2v) is 11.7. The molecule has 0 radical (unpaired) electrons. The van der Waals surface area contributed by atoms with E-state index in [0.717, 1.165) is 45.0 Å². The highest BCUT2D eigenvalue weighted by Gasteiger charge is 2.47. The fourth-order valence-corrected chi connectivity index (χ4v) is 7.00. The molecule has 6 heterocycles. The van der Waals surface area contributed by atoms with Gasteiger partial charge in [0.05, 0.1) is 17.0 Å². The summed E-state index contributed by atoms with van der Waals surface area (Å²) in [5.74, 6) is -2.92. The number of pyridine rings is 2. The summed E-state index contributed by atoms with van der Waals surface area (Å²) in [5, 5.41) is 4.15. The standard InChI is InChI=1S/C29H31F5N6O2/c1-13-19(6-9-39-7-3-8-39)37-27-22-21(13)23(31)24(17-10-15(35)11-18(30)26(17)42-29(32,33)34)38-28(22)41-14(2)25-20-5-4-16(36-20)12-40(25)27/h10-11,14,16,20,25,36H,3-9,12,35H2,1-2H3/t14-,16+,20-,25+/m0/s1. The van der Waals surface area contributed by atoms with E-state index in [1.54, 1.807) is 6.92 Å². The van der Waals surface area contributed by atoms with Gasteiger partial charge in [0.1, 0.15) is 17.6 Å². The summed E-state index contributed by atoms with van der Waals surface area (Å²) in [6.45, 7) is 7.02. The quantitative estimate of drug-likeness (QED) is 0.327. The predicted molar refractivity (Wildman–Crippen MR) is 147 cm³/mol. The van der Waals surface area contributed by atoms with E-state index >= 15 is 4.39 Å². The van der Waals surface area contributed by atoms with Gasteiger partial charge in [0.25, 0.3) is 0 Å².